The van der Waals surface area contributed by atoms with Crippen LogP contribution in [0.2, 0.25) is 0 Å². The lowest BCUT2D eigenvalue weighted by Gasteiger charge is -2.05. The van der Waals surface area contributed by atoms with Gasteiger partial charge in [0.1, 0.15) is 5.60 Å². The molecular weight excluding hydrogens is 188 g/mol. The van der Waals surface area contributed by atoms with Crippen LogP contribution in [0, 0.1) is 25.7 Å². The van der Waals surface area contributed by atoms with Gasteiger partial charge in [-0.1, -0.05) is 11.8 Å². The Hall–Kier alpha value is -1.27. The first-order chi connectivity index (χ1) is 6.85. The van der Waals surface area contributed by atoms with Gasteiger partial charge in [-0.3, -0.25) is 4.68 Å². The van der Waals surface area contributed by atoms with E-state index in [1.54, 1.807) is 13.8 Å². The summed E-state index contributed by atoms with van der Waals surface area (Å²) in [5.41, 5.74) is 1.96. The fraction of sp³-hybridized carbons (Fsp3) is 0.583. The topological polar surface area (TPSA) is 38.0 Å². The van der Waals surface area contributed by atoms with Crippen LogP contribution in [0.1, 0.15) is 37.7 Å². The summed E-state index contributed by atoms with van der Waals surface area (Å²) in [5.74, 6) is 5.80. The van der Waals surface area contributed by atoms with Crippen LogP contribution in [-0.2, 0) is 6.54 Å². The van der Waals surface area contributed by atoms with Gasteiger partial charge in [-0.05, 0) is 34.6 Å². The molecule has 0 fully saturated rings. The molecular formula is C12H18N2O. The van der Waals surface area contributed by atoms with Crippen molar-refractivity contribution in [2.75, 3.05) is 0 Å². The van der Waals surface area contributed by atoms with Gasteiger partial charge < -0.3 is 5.11 Å². The maximum absolute atomic E-state index is 9.52. The van der Waals surface area contributed by atoms with Crippen molar-refractivity contribution in [3.63, 3.8) is 0 Å². The number of hydrogen-bond acceptors (Lipinski definition) is 2. The second-order valence-electron chi connectivity index (χ2n) is 4.17. The Morgan fingerprint density at radius 3 is 2.40 bits per heavy atom. The first kappa shape index (κ1) is 11.8. The molecule has 1 aromatic rings. The first-order valence-corrected chi connectivity index (χ1v) is 5.14. The van der Waals surface area contributed by atoms with E-state index in [0.717, 1.165) is 23.5 Å². The third-order valence-electron chi connectivity index (χ3n) is 2.17. The fourth-order valence-electron chi connectivity index (χ4n) is 1.40. The molecule has 0 unspecified atom stereocenters. The molecule has 1 rings (SSSR count). The molecule has 0 aromatic carbocycles. The highest BCUT2D eigenvalue weighted by molar-refractivity contribution is 5.42. The molecule has 1 aromatic heterocycles. The average Bonchev–Trinajstić information content (AvgIpc) is 2.37. The van der Waals surface area contributed by atoms with Gasteiger partial charge >= 0.3 is 0 Å². The number of aryl methyl sites for hydroxylation is 2. The van der Waals surface area contributed by atoms with Gasteiger partial charge in [0.25, 0.3) is 0 Å². The van der Waals surface area contributed by atoms with Gasteiger partial charge in [0, 0.05) is 6.54 Å². The predicted octanol–water partition coefficient (Wildman–Crippen LogP) is 1.64. The van der Waals surface area contributed by atoms with E-state index in [4.69, 9.17) is 0 Å². The summed E-state index contributed by atoms with van der Waals surface area (Å²) in [5, 5.41) is 13.9. The zero-order valence-electron chi connectivity index (χ0n) is 10.0. The molecule has 0 saturated carbocycles. The molecule has 0 saturated heterocycles. The van der Waals surface area contributed by atoms with Gasteiger partial charge in [-0.25, -0.2) is 0 Å². The molecule has 0 radical (unpaired) electrons. The molecule has 0 aliphatic rings. The lowest BCUT2D eigenvalue weighted by Crippen LogP contribution is -2.14. The van der Waals surface area contributed by atoms with E-state index in [-0.39, 0.29) is 0 Å². The Balaban J connectivity index is 3.14. The normalized spacial score (nSPS) is 11.1. The van der Waals surface area contributed by atoms with Crippen LogP contribution in [0.5, 0.6) is 0 Å². The Morgan fingerprint density at radius 2 is 2.00 bits per heavy atom. The Kier molecular flexibility index (Phi) is 3.21. The highest BCUT2D eigenvalue weighted by Crippen LogP contribution is 2.11. The van der Waals surface area contributed by atoms with Crippen molar-refractivity contribution in [3.8, 4) is 11.8 Å². The molecule has 3 nitrogen and oxygen atoms in total. The van der Waals surface area contributed by atoms with Crippen LogP contribution in [0.25, 0.3) is 0 Å². The zero-order valence-corrected chi connectivity index (χ0v) is 10.0. The van der Waals surface area contributed by atoms with Crippen LogP contribution >= 0.6 is 0 Å². The van der Waals surface area contributed by atoms with Gasteiger partial charge in [-0.2, -0.15) is 5.10 Å². The van der Waals surface area contributed by atoms with Gasteiger partial charge in [-0.15, -0.1) is 0 Å². The van der Waals surface area contributed by atoms with Crippen LogP contribution in [0.15, 0.2) is 0 Å². The number of aromatic nitrogens is 2. The van der Waals surface area contributed by atoms with E-state index in [2.05, 4.69) is 16.9 Å². The third-order valence-corrected chi connectivity index (χ3v) is 2.17. The van der Waals surface area contributed by atoms with Gasteiger partial charge in [0.05, 0.1) is 17.0 Å². The van der Waals surface area contributed by atoms with Gasteiger partial charge in [0.2, 0.25) is 0 Å². The molecule has 3 heteroatoms. The summed E-state index contributed by atoms with van der Waals surface area (Å²) in [4.78, 5) is 0. The van der Waals surface area contributed by atoms with E-state index in [1.807, 2.05) is 25.5 Å². The van der Waals surface area contributed by atoms with Crippen LogP contribution in [-0.4, -0.2) is 20.5 Å². The SMILES string of the molecule is CCn1nc(C)c(C#CC(C)(C)O)c1C. The summed E-state index contributed by atoms with van der Waals surface area (Å²) in [6, 6.07) is 0. The number of rotatable bonds is 1. The Labute approximate surface area is 91.1 Å². The van der Waals surface area contributed by atoms with E-state index < -0.39 is 5.60 Å². The highest BCUT2D eigenvalue weighted by Gasteiger charge is 2.10. The van der Waals surface area contributed by atoms with Crippen molar-refractivity contribution in [1.82, 2.24) is 9.78 Å². The molecule has 82 valence electrons. The highest BCUT2D eigenvalue weighted by atomic mass is 16.3. The van der Waals surface area contributed by atoms with Crippen molar-refractivity contribution < 1.29 is 5.11 Å². The van der Waals surface area contributed by atoms with E-state index in [0.29, 0.717) is 0 Å². The average molecular weight is 206 g/mol. The molecule has 0 bridgehead atoms. The van der Waals surface area contributed by atoms with Gasteiger partial charge in [0.15, 0.2) is 0 Å². The molecule has 0 aliphatic carbocycles. The van der Waals surface area contributed by atoms with Crippen LogP contribution in [0.4, 0.5) is 0 Å². The lowest BCUT2D eigenvalue weighted by molar-refractivity contribution is 0.143. The molecule has 0 spiro atoms. The third kappa shape index (κ3) is 2.84. The van der Waals surface area contributed by atoms with E-state index in [9.17, 15) is 5.11 Å². The van der Waals surface area contributed by atoms with Crippen molar-refractivity contribution in [3.05, 3.63) is 17.0 Å². The summed E-state index contributed by atoms with van der Waals surface area (Å²) < 4.78 is 1.92. The first-order valence-electron chi connectivity index (χ1n) is 5.14. The summed E-state index contributed by atoms with van der Waals surface area (Å²) >= 11 is 0. The minimum absolute atomic E-state index is 0.844. The molecule has 0 atom stereocenters. The molecule has 1 heterocycles. The molecule has 15 heavy (non-hydrogen) atoms. The van der Waals surface area contributed by atoms with E-state index >= 15 is 0 Å². The number of nitrogens with zero attached hydrogens (tertiary/aromatic N) is 2. The van der Waals surface area contributed by atoms with E-state index in [1.165, 1.54) is 0 Å². The molecule has 0 amide bonds. The van der Waals surface area contributed by atoms with Crippen molar-refractivity contribution in [2.45, 2.75) is 46.8 Å². The summed E-state index contributed by atoms with van der Waals surface area (Å²) in [6.07, 6.45) is 0. The zero-order chi connectivity index (χ0) is 11.6. The largest absolute Gasteiger partial charge is 0.378 e. The lowest BCUT2D eigenvalue weighted by atomic mass is 10.1. The maximum Gasteiger partial charge on any atom is 0.120 e. The second kappa shape index (κ2) is 4.08. The fourth-order valence-corrected chi connectivity index (χ4v) is 1.40. The monoisotopic (exact) mass is 206 g/mol. The van der Waals surface area contributed by atoms with Crippen molar-refractivity contribution in [1.29, 1.82) is 0 Å². The molecule has 0 aliphatic heterocycles. The van der Waals surface area contributed by atoms with Crippen LogP contribution < -0.4 is 0 Å². The van der Waals surface area contributed by atoms with Crippen molar-refractivity contribution in [2.24, 2.45) is 0 Å². The van der Waals surface area contributed by atoms with Crippen LogP contribution in [0.3, 0.4) is 0 Å². The smallest absolute Gasteiger partial charge is 0.120 e. The minimum atomic E-state index is -0.951. The molecule has 1 N–H and O–H groups in total. The maximum atomic E-state index is 9.52. The summed E-state index contributed by atoms with van der Waals surface area (Å²) in [7, 11) is 0. The second-order valence-corrected chi connectivity index (χ2v) is 4.17. The Bertz CT molecular complexity index is 413. The number of aliphatic hydroxyl groups is 1. The van der Waals surface area contributed by atoms with Crippen molar-refractivity contribution >= 4 is 0 Å². The standard InChI is InChI=1S/C12H18N2O/c1-6-14-10(3)11(9(2)13-14)7-8-12(4,5)15/h15H,6H2,1-5H3. The minimum Gasteiger partial charge on any atom is -0.378 e. The quantitative estimate of drug-likeness (QED) is 0.709. The Morgan fingerprint density at radius 1 is 1.40 bits per heavy atom. The number of hydrogen-bond donors (Lipinski definition) is 1. The summed E-state index contributed by atoms with van der Waals surface area (Å²) in [6.45, 7) is 10.2. The predicted molar refractivity (Wildman–Crippen MR) is 60.6 cm³/mol.